The molecule has 0 radical (unpaired) electrons. The zero-order valence-electron chi connectivity index (χ0n) is 15.1. The van der Waals surface area contributed by atoms with Gasteiger partial charge in [-0.15, -0.1) is 0 Å². The minimum absolute atomic E-state index is 0.0363. The van der Waals surface area contributed by atoms with Gasteiger partial charge in [0.05, 0.1) is 12.6 Å². The summed E-state index contributed by atoms with van der Waals surface area (Å²) >= 11 is 0. The molecule has 4 aliphatic rings. The summed E-state index contributed by atoms with van der Waals surface area (Å²) in [5.74, 6) is 2.48. The molecule has 4 aliphatic carbocycles. The molecule has 1 atom stereocenters. The van der Waals surface area contributed by atoms with Crippen LogP contribution in [0, 0.1) is 23.2 Å². The average Bonchev–Trinajstić information content (AvgIpc) is 2.48. The Morgan fingerprint density at radius 1 is 1.17 bits per heavy atom. The van der Waals surface area contributed by atoms with Gasteiger partial charge < -0.3 is 15.3 Å². The highest BCUT2D eigenvalue weighted by Gasteiger charge is 2.51. The molecular weight excluding hydrogens is 304 g/mol. The fraction of sp³-hybridized carbons (Fsp3) is 0.895. The first-order valence-electron chi connectivity index (χ1n) is 9.54. The molecule has 0 aromatic rings. The number of rotatable bonds is 7. The van der Waals surface area contributed by atoms with Crippen LogP contribution in [0.4, 0.5) is 0 Å². The maximum Gasteiger partial charge on any atom is 0.241 e. The van der Waals surface area contributed by atoms with E-state index >= 15 is 0 Å². The number of amides is 2. The molecule has 136 valence electrons. The van der Waals surface area contributed by atoms with E-state index < -0.39 is 6.10 Å². The Hall–Kier alpha value is -1.10. The first kappa shape index (κ1) is 17.7. The van der Waals surface area contributed by atoms with Crippen LogP contribution in [-0.4, -0.2) is 48.1 Å². The fourth-order valence-corrected chi connectivity index (χ4v) is 5.72. The van der Waals surface area contributed by atoms with E-state index in [0.29, 0.717) is 19.4 Å². The number of carbonyl (C=O) groups is 2. The standard InChI is InChI=1S/C19H32N2O3/c1-13(22)3-4-21(2)18(24)12-20-17(23)11-19-8-14-5-15(9-19)7-16(6-14)10-19/h13-16,22H,3-12H2,1-2H3,(H,20,23). The predicted octanol–water partition coefficient (Wildman–Crippen LogP) is 1.94. The maximum atomic E-state index is 12.4. The summed E-state index contributed by atoms with van der Waals surface area (Å²) in [4.78, 5) is 26.0. The van der Waals surface area contributed by atoms with Crippen molar-refractivity contribution in [2.75, 3.05) is 20.1 Å². The molecule has 0 aromatic heterocycles. The minimum Gasteiger partial charge on any atom is -0.393 e. The second-order valence-electron chi connectivity index (χ2n) is 8.82. The van der Waals surface area contributed by atoms with Crippen molar-refractivity contribution in [2.45, 2.75) is 64.4 Å². The van der Waals surface area contributed by atoms with Crippen molar-refractivity contribution in [1.29, 1.82) is 0 Å². The summed E-state index contributed by atoms with van der Waals surface area (Å²) in [7, 11) is 1.72. The molecule has 5 heteroatoms. The third kappa shape index (κ3) is 4.11. The molecule has 0 spiro atoms. The Labute approximate surface area is 145 Å². The van der Waals surface area contributed by atoms with Crippen LogP contribution >= 0.6 is 0 Å². The van der Waals surface area contributed by atoms with Crippen LogP contribution in [-0.2, 0) is 9.59 Å². The van der Waals surface area contributed by atoms with Crippen molar-refractivity contribution >= 4 is 11.8 Å². The third-order valence-corrected chi connectivity index (χ3v) is 6.45. The average molecular weight is 336 g/mol. The van der Waals surface area contributed by atoms with E-state index in [1.165, 1.54) is 38.5 Å². The molecule has 0 aliphatic heterocycles. The lowest BCUT2D eigenvalue weighted by atomic mass is 9.49. The molecule has 4 rings (SSSR count). The van der Waals surface area contributed by atoms with Crippen LogP contribution in [0.25, 0.3) is 0 Å². The Morgan fingerprint density at radius 3 is 2.21 bits per heavy atom. The molecule has 0 aromatic carbocycles. The number of carbonyl (C=O) groups excluding carboxylic acids is 2. The van der Waals surface area contributed by atoms with E-state index in [0.717, 1.165) is 17.8 Å². The van der Waals surface area contributed by atoms with Crippen molar-refractivity contribution in [1.82, 2.24) is 10.2 Å². The SMILES string of the molecule is CC(O)CCN(C)C(=O)CNC(=O)CC12CC3CC(CC(C3)C1)C2. The Kier molecular flexibility index (Phi) is 5.19. The first-order chi connectivity index (χ1) is 11.3. The molecule has 4 saturated carbocycles. The lowest BCUT2D eigenvalue weighted by molar-refractivity contribution is -0.135. The number of aliphatic hydroxyl groups excluding tert-OH is 1. The summed E-state index contributed by atoms with van der Waals surface area (Å²) in [5.41, 5.74) is 0.222. The largest absolute Gasteiger partial charge is 0.393 e. The second kappa shape index (κ2) is 7.03. The molecule has 0 saturated heterocycles. The van der Waals surface area contributed by atoms with Gasteiger partial charge in [-0.25, -0.2) is 0 Å². The zero-order chi connectivity index (χ0) is 17.3. The lowest BCUT2D eigenvalue weighted by Gasteiger charge is -2.56. The third-order valence-electron chi connectivity index (χ3n) is 6.45. The summed E-state index contributed by atoms with van der Waals surface area (Å²) in [5, 5.41) is 12.1. The number of nitrogens with one attached hydrogen (secondary N) is 1. The molecular formula is C19H32N2O3. The van der Waals surface area contributed by atoms with E-state index in [4.69, 9.17) is 0 Å². The number of hydrogen-bond acceptors (Lipinski definition) is 3. The zero-order valence-corrected chi connectivity index (χ0v) is 15.1. The van der Waals surface area contributed by atoms with Crippen molar-refractivity contribution in [3.05, 3.63) is 0 Å². The van der Waals surface area contributed by atoms with Crippen LogP contribution in [0.3, 0.4) is 0 Å². The highest BCUT2D eigenvalue weighted by molar-refractivity contribution is 5.84. The monoisotopic (exact) mass is 336 g/mol. The molecule has 4 bridgehead atoms. The summed E-state index contributed by atoms with van der Waals surface area (Å²) in [6, 6.07) is 0. The van der Waals surface area contributed by atoms with Gasteiger partial charge in [-0.1, -0.05) is 0 Å². The van der Waals surface area contributed by atoms with Gasteiger partial charge in [0.15, 0.2) is 0 Å². The number of nitrogens with zero attached hydrogens (tertiary/aromatic N) is 1. The van der Waals surface area contributed by atoms with Gasteiger partial charge in [0.25, 0.3) is 0 Å². The Balaban J connectivity index is 1.44. The van der Waals surface area contributed by atoms with Gasteiger partial charge >= 0.3 is 0 Å². The molecule has 0 heterocycles. The van der Waals surface area contributed by atoms with Gasteiger partial charge in [0.1, 0.15) is 0 Å². The highest BCUT2D eigenvalue weighted by Crippen LogP contribution is 2.61. The van der Waals surface area contributed by atoms with E-state index in [2.05, 4.69) is 5.32 Å². The smallest absolute Gasteiger partial charge is 0.241 e. The minimum atomic E-state index is -0.411. The normalized spacial score (nSPS) is 34.9. The van der Waals surface area contributed by atoms with Crippen LogP contribution in [0.5, 0.6) is 0 Å². The predicted molar refractivity (Wildman–Crippen MR) is 92.2 cm³/mol. The Bertz CT molecular complexity index is 454. The molecule has 24 heavy (non-hydrogen) atoms. The number of hydrogen-bond donors (Lipinski definition) is 2. The van der Waals surface area contributed by atoms with Gasteiger partial charge in [0, 0.05) is 20.0 Å². The van der Waals surface area contributed by atoms with Crippen molar-refractivity contribution in [3.63, 3.8) is 0 Å². The summed E-state index contributed by atoms with van der Waals surface area (Å²) in [6.45, 7) is 2.30. The summed E-state index contributed by atoms with van der Waals surface area (Å²) in [6.07, 6.45) is 8.54. The molecule has 1 unspecified atom stereocenters. The Morgan fingerprint density at radius 2 is 1.71 bits per heavy atom. The van der Waals surface area contributed by atoms with Crippen molar-refractivity contribution in [3.8, 4) is 0 Å². The van der Waals surface area contributed by atoms with E-state index in [1.807, 2.05) is 0 Å². The van der Waals surface area contributed by atoms with Crippen LogP contribution in [0.15, 0.2) is 0 Å². The van der Waals surface area contributed by atoms with E-state index in [-0.39, 0.29) is 23.8 Å². The van der Waals surface area contributed by atoms with Crippen LogP contribution < -0.4 is 5.32 Å². The van der Waals surface area contributed by atoms with Crippen molar-refractivity contribution in [2.24, 2.45) is 23.2 Å². The van der Waals surface area contributed by atoms with Crippen LogP contribution in [0.2, 0.25) is 0 Å². The van der Waals surface area contributed by atoms with Gasteiger partial charge in [-0.3, -0.25) is 9.59 Å². The summed E-state index contributed by atoms with van der Waals surface area (Å²) < 4.78 is 0. The van der Waals surface area contributed by atoms with Crippen LogP contribution in [0.1, 0.15) is 58.3 Å². The lowest BCUT2D eigenvalue weighted by Crippen LogP contribution is -2.48. The number of aliphatic hydroxyl groups is 1. The maximum absolute atomic E-state index is 12.4. The first-order valence-corrected chi connectivity index (χ1v) is 9.54. The molecule has 2 N–H and O–H groups in total. The molecule has 5 nitrogen and oxygen atoms in total. The van der Waals surface area contributed by atoms with Crippen molar-refractivity contribution < 1.29 is 14.7 Å². The van der Waals surface area contributed by atoms with Gasteiger partial charge in [-0.05, 0) is 75.0 Å². The topological polar surface area (TPSA) is 69.6 Å². The van der Waals surface area contributed by atoms with E-state index in [9.17, 15) is 14.7 Å². The highest BCUT2D eigenvalue weighted by atomic mass is 16.3. The van der Waals surface area contributed by atoms with Gasteiger partial charge in [-0.2, -0.15) is 0 Å². The second-order valence-corrected chi connectivity index (χ2v) is 8.82. The fourth-order valence-electron chi connectivity index (χ4n) is 5.72. The number of likely N-dealkylation sites (N-methyl/N-ethyl adjacent to an activating group) is 1. The molecule has 2 amide bonds. The molecule has 4 fully saturated rings. The van der Waals surface area contributed by atoms with E-state index in [1.54, 1.807) is 18.9 Å². The van der Waals surface area contributed by atoms with Gasteiger partial charge in [0.2, 0.25) is 11.8 Å². The quantitative estimate of drug-likeness (QED) is 0.746.